The van der Waals surface area contributed by atoms with Crippen molar-refractivity contribution < 1.29 is 9.21 Å². The minimum atomic E-state index is -0.416. The zero-order chi connectivity index (χ0) is 23.8. The summed E-state index contributed by atoms with van der Waals surface area (Å²) in [5.41, 5.74) is 3.33. The molecular formula is C28H18N4O3. The van der Waals surface area contributed by atoms with Crippen LogP contribution in [-0.2, 0) is 0 Å². The van der Waals surface area contributed by atoms with E-state index in [1.54, 1.807) is 48.5 Å². The lowest BCUT2D eigenvalue weighted by atomic mass is 10.1. The first-order valence-electron chi connectivity index (χ1n) is 11.0. The predicted molar refractivity (Wildman–Crippen MR) is 135 cm³/mol. The summed E-state index contributed by atoms with van der Waals surface area (Å²) in [6, 6.07) is 30.8. The van der Waals surface area contributed by atoms with Gasteiger partial charge in [0.25, 0.3) is 11.5 Å². The van der Waals surface area contributed by atoms with Gasteiger partial charge in [-0.1, -0.05) is 48.5 Å². The number of oxazole rings is 1. The molecule has 0 fully saturated rings. The summed E-state index contributed by atoms with van der Waals surface area (Å²) < 4.78 is 7.08. The van der Waals surface area contributed by atoms with E-state index < -0.39 is 5.91 Å². The highest BCUT2D eigenvalue weighted by Crippen LogP contribution is 2.25. The fraction of sp³-hybridized carbons (Fsp3) is 0. The lowest BCUT2D eigenvalue weighted by Gasteiger charge is -2.11. The minimum Gasteiger partial charge on any atom is -0.436 e. The zero-order valence-electron chi connectivity index (χ0n) is 18.4. The number of amides is 1. The molecule has 6 rings (SSSR count). The maximum Gasteiger partial charge on any atom is 0.279 e. The van der Waals surface area contributed by atoms with Gasteiger partial charge in [-0.25, -0.2) is 4.98 Å². The number of nitrogens with zero attached hydrogens (tertiary/aromatic N) is 3. The number of hydrogen-bond acceptors (Lipinski definition) is 5. The van der Waals surface area contributed by atoms with Gasteiger partial charge in [-0.05, 0) is 54.6 Å². The quantitative estimate of drug-likeness (QED) is 0.380. The van der Waals surface area contributed by atoms with Crippen molar-refractivity contribution in [2.45, 2.75) is 0 Å². The lowest BCUT2D eigenvalue weighted by molar-refractivity contribution is 0.102. The molecule has 0 atom stereocenters. The molecule has 0 radical (unpaired) electrons. The first-order chi connectivity index (χ1) is 17.2. The number of benzene rings is 4. The molecule has 0 saturated heterocycles. The van der Waals surface area contributed by atoms with Gasteiger partial charge in [-0.2, -0.15) is 9.78 Å². The topological polar surface area (TPSA) is 90.0 Å². The van der Waals surface area contributed by atoms with Crippen LogP contribution in [0.5, 0.6) is 0 Å². The summed E-state index contributed by atoms with van der Waals surface area (Å²) in [5, 5.41) is 8.22. The molecule has 35 heavy (non-hydrogen) atoms. The van der Waals surface area contributed by atoms with Crippen LogP contribution < -0.4 is 10.9 Å². The Morgan fingerprint density at radius 3 is 2.23 bits per heavy atom. The summed E-state index contributed by atoms with van der Waals surface area (Å²) >= 11 is 0. The molecule has 168 valence electrons. The minimum absolute atomic E-state index is 0.159. The van der Waals surface area contributed by atoms with Crippen molar-refractivity contribution in [3.8, 4) is 17.1 Å². The van der Waals surface area contributed by atoms with Crippen LogP contribution in [0, 0.1) is 0 Å². The third-order valence-electron chi connectivity index (χ3n) is 5.70. The Labute approximate surface area is 199 Å². The highest BCUT2D eigenvalue weighted by Gasteiger charge is 2.18. The van der Waals surface area contributed by atoms with Crippen LogP contribution in [0.4, 0.5) is 5.69 Å². The Bertz CT molecular complexity index is 1720. The highest BCUT2D eigenvalue weighted by molar-refractivity contribution is 6.11. The van der Waals surface area contributed by atoms with Gasteiger partial charge >= 0.3 is 0 Å². The fourth-order valence-electron chi connectivity index (χ4n) is 3.98. The predicted octanol–water partition coefficient (Wildman–Crippen LogP) is 5.45. The number of aromatic nitrogens is 3. The van der Waals surface area contributed by atoms with E-state index in [2.05, 4.69) is 15.4 Å². The Morgan fingerprint density at radius 2 is 1.46 bits per heavy atom. The van der Waals surface area contributed by atoms with Crippen LogP contribution in [0.3, 0.4) is 0 Å². The molecule has 0 bridgehead atoms. The second-order valence-corrected chi connectivity index (χ2v) is 7.96. The third-order valence-corrected chi connectivity index (χ3v) is 5.70. The maximum atomic E-state index is 13.3. The summed E-state index contributed by atoms with van der Waals surface area (Å²) in [6.45, 7) is 0. The molecule has 0 unspecified atom stereocenters. The van der Waals surface area contributed by atoms with Crippen molar-refractivity contribution in [2.75, 3.05) is 5.32 Å². The molecule has 7 nitrogen and oxygen atoms in total. The molecule has 0 aliphatic rings. The van der Waals surface area contributed by atoms with E-state index in [-0.39, 0.29) is 11.3 Å². The second kappa shape index (κ2) is 8.39. The van der Waals surface area contributed by atoms with Gasteiger partial charge in [0.2, 0.25) is 5.89 Å². The largest absolute Gasteiger partial charge is 0.436 e. The summed E-state index contributed by atoms with van der Waals surface area (Å²) in [6.07, 6.45) is 0. The van der Waals surface area contributed by atoms with Crippen molar-refractivity contribution in [3.05, 3.63) is 119 Å². The molecule has 4 aromatic carbocycles. The third kappa shape index (κ3) is 3.75. The van der Waals surface area contributed by atoms with Crippen LogP contribution >= 0.6 is 0 Å². The zero-order valence-corrected chi connectivity index (χ0v) is 18.4. The molecule has 0 aliphatic carbocycles. The smallest absolute Gasteiger partial charge is 0.279 e. The molecular weight excluding hydrogens is 440 g/mol. The number of carbonyl (C=O) groups is 1. The second-order valence-electron chi connectivity index (χ2n) is 7.96. The molecule has 1 N–H and O–H groups in total. The SMILES string of the molecule is O=C(Nc1ccc(-c2nc3ccccc3o2)cc1)c1nn(-c2ccccc2)c(=O)c2ccccc12. The average Bonchev–Trinajstić information content (AvgIpc) is 3.34. The number of para-hydroxylation sites is 3. The average molecular weight is 458 g/mol. The van der Waals surface area contributed by atoms with E-state index >= 15 is 0 Å². The van der Waals surface area contributed by atoms with Gasteiger partial charge < -0.3 is 9.73 Å². The number of nitrogens with one attached hydrogen (secondary N) is 1. The fourth-order valence-corrected chi connectivity index (χ4v) is 3.98. The van der Waals surface area contributed by atoms with Gasteiger partial charge in [-0.3, -0.25) is 9.59 Å². The van der Waals surface area contributed by atoms with Crippen molar-refractivity contribution in [1.29, 1.82) is 0 Å². The highest BCUT2D eigenvalue weighted by atomic mass is 16.3. The Balaban J connectivity index is 1.34. The molecule has 0 spiro atoms. The first kappa shape index (κ1) is 20.6. The van der Waals surface area contributed by atoms with Crippen LogP contribution in [0.2, 0.25) is 0 Å². The lowest BCUT2D eigenvalue weighted by Crippen LogP contribution is -2.26. The van der Waals surface area contributed by atoms with Crippen molar-refractivity contribution >= 4 is 33.5 Å². The number of hydrogen-bond donors (Lipinski definition) is 1. The summed E-state index contributed by atoms with van der Waals surface area (Å²) in [5.74, 6) is 0.0900. The van der Waals surface area contributed by atoms with E-state index in [4.69, 9.17) is 4.42 Å². The number of anilines is 1. The van der Waals surface area contributed by atoms with Gasteiger partial charge in [0, 0.05) is 16.6 Å². The van der Waals surface area contributed by atoms with E-state index in [1.165, 1.54) is 4.68 Å². The Morgan fingerprint density at radius 1 is 0.771 bits per heavy atom. The molecule has 2 aromatic heterocycles. The van der Waals surface area contributed by atoms with Crippen LogP contribution in [-0.4, -0.2) is 20.7 Å². The Hall–Kier alpha value is -5.04. The number of fused-ring (bicyclic) bond motifs is 2. The number of rotatable bonds is 4. The monoisotopic (exact) mass is 458 g/mol. The first-order valence-corrected chi connectivity index (χ1v) is 11.0. The molecule has 0 aliphatic heterocycles. The van der Waals surface area contributed by atoms with E-state index in [9.17, 15) is 9.59 Å². The standard InChI is InChI=1S/C28H18N4O3/c33-26(29-19-16-14-18(15-17-19)27-30-23-12-6-7-13-24(23)35-27)25-21-10-4-5-11-22(21)28(34)32(31-25)20-8-2-1-3-9-20/h1-17H,(H,29,33). The van der Waals surface area contributed by atoms with Crippen molar-refractivity contribution in [3.63, 3.8) is 0 Å². The summed E-state index contributed by atoms with van der Waals surface area (Å²) in [4.78, 5) is 30.8. The van der Waals surface area contributed by atoms with E-state index in [0.29, 0.717) is 33.6 Å². The van der Waals surface area contributed by atoms with Gasteiger partial charge in [0.1, 0.15) is 5.52 Å². The van der Waals surface area contributed by atoms with Gasteiger partial charge in [0.05, 0.1) is 11.1 Å². The molecule has 1 amide bonds. The molecule has 6 aromatic rings. The summed E-state index contributed by atoms with van der Waals surface area (Å²) in [7, 11) is 0. The van der Waals surface area contributed by atoms with Crippen LogP contribution in [0.25, 0.3) is 39.0 Å². The molecule has 0 saturated carbocycles. The van der Waals surface area contributed by atoms with E-state index in [1.807, 2.05) is 54.6 Å². The number of carbonyl (C=O) groups excluding carboxylic acids is 1. The van der Waals surface area contributed by atoms with Gasteiger partial charge in [-0.15, -0.1) is 0 Å². The van der Waals surface area contributed by atoms with Crippen LogP contribution in [0.1, 0.15) is 10.5 Å². The normalized spacial score (nSPS) is 11.1. The molecule has 7 heteroatoms. The van der Waals surface area contributed by atoms with Gasteiger partial charge in [0.15, 0.2) is 11.3 Å². The van der Waals surface area contributed by atoms with Crippen molar-refractivity contribution in [2.24, 2.45) is 0 Å². The Kier molecular flexibility index (Phi) is 4.93. The van der Waals surface area contributed by atoms with Crippen molar-refractivity contribution in [1.82, 2.24) is 14.8 Å². The van der Waals surface area contributed by atoms with Crippen LogP contribution in [0.15, 0.2) is 112 Å². The van der Waals surface area contributed by atoms with E-state index in [0.717, 1.165) is 11.1 Å². The maximum absolute atomic E-state index is 13.3. The molecule has 2 heterocycles.